The predicted octanol–water partition coefficient (Wildman–Crippen LogP) is 3.78. The fraction of sp³-hybridized carbons (Fsp3) is 0.333. The molecule has 0 amide bonds. The number of thiophene rings is 1. The van der Waals surface area contributed by atoms with Gasteiger partial charge in [0.05, 0.1) is 19.6 Å². The van der Waals surface area contributed by atoms with Gasteiger partial charge in [-0.3, -0.25) is 0 Å². The lowest BCUT2D eigenvalue weighted by Gasteiger charge is -2.14. The summed E-state index contributed by atoms with van der Waals surface area (Å²) in [6, 6.07) is 5.92. The van der Waals surface area contributed by atoms with Gasteiger partial charge >= 0.3 is 0 Å². The van der Waals surface area contributed by atoms with Crippen LogP contribution in [0.15, 0.2) is 30.9 Å². The Kier molecular flexibility index (Phi) is 4.96. The molecule has 1 N–H and O–H groups in total. The van der Waals surface area contributed by atoms with Gasteiger partial charge in [-0.25, -0.2) is 4.98 Å². The van der Waals surface area contributed by atoms with Crippen molar-refractivity contribution in [1.82, 2.24) is 24.7 Å². The largest absolute Gasteiger partial charge is 0.493 e. The zero-order valence-corrected chi connectivity index (χ0v) is 17.7. The Morgan fingerprint density at radius 2 is 1.97 bits per heavy atom. The number of methoxy groups -OCH3 is 2. The van der Waals surface area contributed by atoms with Crippen molar-refractivity contribution >= 4 is 27.4 Å². The van der Waals surface area contributed by atoms with E-state index in [1.807, 2.05) is 18.2 Å². The standard InChI is InChI=1S/C21H22N6O2S/c1-28-15-8-7-13(9-16(15)29-2)10-23-19-18-14-5-3-4-6-17(14)30-20(18)26-21(25-19)27-12-22-11-24-27/h7-9,11-12H,3-6,10H2,1-2H3,(H,23,25,26). The maximum Gasteiger partial charge on any atom is 0.255 e. The molecule has 30 heavy (non-hydrogen) atoms. The summed E-state index contributed by atoms with van der Waals surface area (Å²) in [6.07, 6.45) is 7.74. The molecule has 0 radical (unpaired) electrons. The molecule has 9 heteroatoms. The second kappa shape index (κ2) is 7.91. The molecule has 0 bridgehead atoms. The molecule has 0 saturated heterocycles. The lowest BCUT2D eigenvalue weighted by molar-refractivity contribution is 0.354. The predicted molar refractivity (Wildman–Crippen MR) is 116 cm³/mol. The lowest BCUT2D eigenvalue weighted by Crippen LogP contribution is -2.08. The Hall–Kier alpha value is -3.20. The van der Waals surface area contributed by atoms with E-state index >= 15 is 0 Å². The third-order valence-electron chi connectivity index (χ3n) is 5.33. The Balaban J connectivity index is 1.54. The van der Waals surface area contributed by atoms with Gasteiger partial charge in [-0.15, -0.1) is 11.3 Å². The minimum atomic E-state index is 0.522. The van der Waals surface area contributed by atoms with Crippen molar-refractivity contribution in [3.63, 3.8) is 0 Å². The van der Waals surface area contributed by atoms with Gasteiger partial charge in [0.1, 0.15) is 23.3 Å². The van der Waals surface area contributed by atoms with E-state index in [9.17, 15) is 0 Å². The number of rotatable bonds is 6. The number of hydrogen-bond acceptors (Lipinski definition) is 8. The van der Waals surface area contributed by atoms with Gasteiger partial charge in [0, 0.05) is 11.4 Å². The van der Waals surface area contributed by atoms with E-state index in [2.05, 4.69) is 15.4 Å². The lowest BCUT2D eigenvalue weighted by atomic mass is 9.97. The Labute approximate surface area is 177 Å². The number of nitrogens with zero attached hydrogens (tertiary/aromatic N) is 5. The van der Waals surface area contributed by atoms with Crippen LogP contribution in [0.5, 0.6) is 11.5 Å². The summed E-state index contributed by atoms with van der Waals surface area (Å²) in [4.78, 5) is 16.0. The highest BCUT2D eigenvalue weighted by Gasteiger charge is 2.22. The smallest absolute Gasteiger partial charge is 0.255 e. The van der Waals surface area contributed by atoms with E-state index in [1.165, 1.54) is 29.6 Å². The highest BCUT2D eigenvalue weighted by atomic mass is 32.1. The van der Waals surface area contributed by atoms with Gasteiger partial charge in [-0.2, -0.15) is 19.7 Å². The monoisotopic (exact) mass is 422 g/mol. The van der Waals surface area contributed by atoms with Crippen LogP contribution in [0.2, 0.25) is 0 Å². The summed E-state index contributed by atoms with van der Waals surface area (Å²) in [5.74, 6) is 2.78. The van der Waals surface area contributed by atoms with Crippen LogP contribution >= 0.6 is 11.3 Å². The number of anilines is 1. The summed E-state index contributed by atoms with van der Waals surface area (Å²) in [5.41, 5.74) is 2.46. The maximum absolute atomic E-state index is 5.43. The molecule has 1 aromatic carbocycles. The Bertz CT molecular complexity index is 1190. The fourth-order valence-electron chi connectivity index (χ4n) is 3.86. The van der Waals surface area contributed by atoms with Crippen molar-refractivity contribution in [3.8, 4) is 17.4 Å². The highest BCUT2D eigenvalue weighted by Crippen LogP contribution is 2.39. The van der Waals surface area contributed by atoms with E-state index < -0.39 is 0 Å². The Morgan fingerprint density at radius 3 is 2.77 bits per heavy atom. The summed E-state index contributed by atoms with van der Waals surface area (Å²) >= 11 is 1.77. The number of benzene rings is 1. The summed E-state index contributed by atoms with van der Waals surface area (Å²) in [5, 5.41) is 8.87. The third kappa shape index (κ3) is 3.35. The average Bonchev–Trinajstić information content (AvgIpc) is 3.45. The van der Waals surface area contributed by atoms with Gasteiger partial charge in [-0.1, -0.05) is 6.07 Å². The molecule has 5 rings (SSSR count). The molecule has 0 atom stereocenters. The number of fused-ring (bicyclic) bond motifs is 3. The molecule has 0 aliphatic heterocycles. The van der Waals surface area contributed by atoms with Crippen LogP contribution in [0.1, 0.15) is 28.8 Å². The third-order valence-corrected chi connectivity index (χ3v) is 6.52. The first-order valence-electron chi connectivity index (χ1n) is 9.89. The molecule has 3 aromatic heterocycles. The number of nitrogens with one attached hydrogen (secondary N) is 1. The number of hydrogen-bond donors (Lipinski definition) is 1. The second-order valence-corrected chi connectivity index (χ2v) is 8.23. The zero-order chi connectivity index (χ0) is 20.5. The fourth-order valence-corrected chi connectivity index (χ4v) is 5.12. The summed E-state index contributed by atoms with van der Waals surface area (Å²) in [6.45, 7) is 0.605. The molecule has 8 nitrogen and oxygen atoms in total. The van der Waals surface area contributed by atoms with Crippen LogP contribution in [-0.2, 0) is 19.4 Å². The Morgan fingerprint density at radius 1 is 1.10 bits per heavy atom. The molecular weight excluding hydrogens is 400 g/mol. The molecule has 0 fully saturated rings. The van der Waals surface area contributed by atoms with Crippen molar-refractivity contribution in [3.05, 3.63) is 46.9 Å². The number of aromatic nitrogens is 5. The molecule has 1 aliphatic rings. The van der Waals surface area contributed by atoms with Crippen LogP contribution in [-0.4, -0.2) is 39.0 Å². The first-order chi connectivity index (χ1) is 14.8. The van der Waals surface area contributed by atoms with Crippen molar-refractivity contribution in [2.75, 3.05) is 19.5 Å². The van der Waals surface area contributed by atoms with Gasteiger partial charge in [0.2, 0.25) is 0 Å². The zero-order valence-electron chi connectivity index (χ0n) is 16.9. The molecular formula is C21H22N6O2S. The van der Waals surface area contributed by atoms with Crippen LogP contribution in [0.25, 0.3) is 16.2 Å². The summed E-state index contributed by atoms with van der Waals surface area (Å²) < 4.78 is 12.4. The molecule has 154 valence electrons. The van der Waals surface area contributed by atoms with Gasteiger partial charge in [0.15, 0.2) is 11.5 Å². The SMILES string of the molecule is COc1ccc(CNc2nc(-n3cncn3)nc3sc4c(c23)CCCC4)cc1OC. The number of aryl methyl sites for hydroxylation is 2. The maximum atomic E-state index is 5.43. The highest BCUT2D eigenvalue weighted by molar-refractivity contribution is 7.19. The van der Waals surface area contributed by atoms with E-state index in [0.29, 0.717) is 24.0 Å². The molecule has 0 spiro atoms. The van der Waals surface area contributed by atoms with E-state index in [0.717, 1.165) is 34.4 Å². The first kappa shape index (κ1) is 18.8. The van der Waals surface area contributed by atoms with E-state index in [1.54, 1.807) is 36.6 Å². The second-order valence-electron chi connectivity index (χ2n) is 7.15. The molecule has 0 unspecified atom stereocenters. The van der Waals surface area contributed by atoms with Crippen molar-refractivity contribution in [2.24, 2.45) is 0 Å². The first-order valence-corrected chi connectivity index (χ1v) is 10.7. The normalized spacial score (nSPS) is 13.3. The summed E-state index contributed by atoms with van der Waals surface area (Å²) in [7, 11) is 3.28. The quantitative estimate of drug-likeness (QED) is 0.506. The van der Waals surface area contributed by atoms with Crippen molar-refractivity contribution in [1.29, 1.82) is 0 Å². The molecule has 3 heterocycles. The molecule has 1 aliphatic carbocycles. The molecule has 4 aromatic rings. The van der Waals surface area contributed by atoms with Crippen LogP contribution in [0.3, 0.4) is 0 Å². The minimum Gasteiger partial charge on any atom is -0.493 e. The van der Waals surface area contributed by atoms with Crippen LogP contribution < -0.4 is 14.8 Å². The number of ether oxygens (including phenoxy) is 2. The average molecular weight is 423 g/mol. The van der Waals surface area contributed by atoms with E-state index in [-0.39, 0.29) is 0 Å². The van der Waals surface area contributed by atoms with Gasteiger partial charge < -0.3 is 14.8 Å². The minimum absolute atomic E-state index is 0.522. The van der Waals surface area contributed by atoms with Crippen LogP contribution in [0.4, 0.5) is 5.82 Å². The van der Waals surface area contributed by atoms with E-state index in [4.69, 9.17) is 19.4 Å². The molecule has 0 saturated carbocycles. The van der Waals surface area contributed by atoms with Crippen molar-refractivity contribution in [2.45, 2.75) is 32.2 Å². The van der Waals surface area contributed by atoms with Crippen molar-refractivity contribution < 1.29 is 9.47 Å². The van der Waals surface area contributed by atoms with Crippen LogP contribution in [0, 0.1) is 0 Å². The van der Waals surface area contributed by atoms with Gasteiger partial charge in [0.25, 0.3) is 5.95 Å². The van der Waals surface area contributed by atoms with Gasteiger partial charge in [-0.05, 0) is 48.9 Å². The topological polar surface area (TPSA) is 87.0 Å².